The maximum Gasteiger partial charge on any atom is 0.269 e. The number of carbonyl (C=O) groups is 1. The molecular formula is C25H30N4O3. The Morgan fingerprint density at radius 2 is 1.56 bits per heavy atom. The Morgan fingerprint density at radius 3 is 2.16 bits per heavy atom. The molecule has 0 unspecified atom stereocenters. The number of anilines is 1. The number of nitro benzene ring substituents is 1. The van der Waals surface area contributed by atoms with E-state index in [1.54, 1.807) is 18.3 Å². The highest BCUT2D eigenvalue weighted by Crippen LogP contribution is 2.27. The van der Waals surface area contributed by atoms with E-state index in [9.17, 15) is 14.9 Å². The van der Waals surface area contributed by atoms with Crippen LogP contribution in [0.5, 0.6) is 0 Å². The van der Waals surface area contributed by atoms with E-state index >= 15 is 0 Å². The van der Waals surface area contributed by atoms with Gasteiger partial charge in [0.15, 0.2) is 0 Å². The van der Waals surface area contributed by atoms with Crippen LogP contribution >= 0.6 is 0 Å². The second kappa shape index (κ2) is 11.2. The molecule has 0 radical (unpaired) electrons. The second-order valence-corrected chi connectivity index (χ2v) is 7.70. The average Bonchev–Trinajstić information content (AvgIpc) is 3.16. The molecule has 7 heteroatoms. The van der Waals surface area contributed by atoms with E-state index in [1.165, 1.54) is 25.0 Å². The van der Waals surface area contributed by atoms with Crippen LogP contribution in [0.25, 0.3) is 22.6 Å². The second-order valence-electron chi connectivity index (χ2n) is 7.70. The van der Waals surface area contributed by atoms with E-state index in [2.05, 4.69) is 15.3 Å². The normalized spacial score (nSPS) is 14.1. The molecule has 1 heterocycles. The van der Waals surface area contributed by atoms with E-state index < -0.39 is 4.92 Å². The van der Waals surface area contributed by atoms with Gasteiger partial charge in [-0.2, -0.15) is 0 Å². The Morgan fingerprint density at radius 1 is 0.969 bits per heavy atom. The van der Waals surface area contributed by atoms with Crippen LogP contribution < -0.4 is 5.32 Å². The SMILES string of the molecule is CC.O=C(Nc1ccc(-c2cnc(-c3ccc([N+](=O)[O-])cc3)[nH]2)cc1)C1CCCCCC1. The lowest BCUT2D eigenvalue weighted by molar-refractivity contribution is -0.384. The number of aromatic nitrogens is 2. The summed E-state index contributed by atoms with van der Waals surface area (Å²) in [7, 11) is 0. The summed E-state index contributed by atoms with van der Waals surface area (Å²) in [4.78, 5) is 30.5. The largest absolute Gasteiger partial charge is 0.338 e. The number of amides is 1. The molecule has 32 heavy (non-hydrogen) atoms. The van der Waals surface area contributed by atoms with Gasteiger partial charge in [-0.1, -0.05) is 51.7 Å². The molecule has 0 saturated heterocycles. The van der Waals surface area contributed by atoms with Crippen molar-refractivity contribution in [2.75, 3.05) is 5.32 Å². The lowest BCUT2D eigenvalue weighted by Gasteiger charge is -2.14. The highest BCUT2D eigenvalue weighted by Gasteiger charge is 2.20. The first-order valence-electron chi connectivity index (χ1n) is 11.3. The minimum Gasteiger partial charge on any atom is -0.338 e. The Bertz CT molecular complexity index is 1020. The van der Waals surface area contributed by atoms with E-state index in [1.807, 2.05) is 38.1 Å². The zero-order valence-electron chi connectivity index (χ0n) is 18.6. The molecule has 0 bridgehead atoms. The Balaban J connectivity index is 0.00000141. The molecule has 3 aromatic rings. The van der Waals surface area contributed by atoms with Crippen LogP contribution in [0, 0.1) is 16.0 Å². The zero-order chi connectivity index (χ0) is 22.9. The number of rotatable bonds is 5. The summed E-state index contributed by atoms with van der Waals surface area (Å²) in [5, 5.41) is 13.8. The first-order chi connectivity index (χ1) is 15.6. The van der Waals surface area contributed by atoms with Gasteiger partial charge in [0.2, 0.25) is 5.91 Å². The molecule has 2 N–H and O–H groups in total. The fourth-order valence-electron chi connectivity index (χ4n) is 3.87. The molecule has 1 fully saturated rings. The fourth-order valence-corrected chi connectivity index (χ4v) is 3.87. The van der Waals surface area contributed by atoms with Gasteiger partial charge >= 0.3 is 0 Å². The van der Waals surface area contributed by atoms with E-state index in [0.29, 0.717) is 5.82 Å². The van der Waals surface area contributed by atoms with Crippen molar-refractivity contribution in [1.29, 1.82) is 0 Å². The van der Waals surface area contributed by atoms with E-state index in [0.717, 1.165) is 48.2 Å². The van der Waals surface area contributed by atoms with Crippen LogP contribution in [0.4, 0.5) is 11.4 Å². The molecule has 1 saturated carbocycles. The van der Waals surface area contributed by atoms with Gasteiger partial charge in [-0.15, -0.1) is 0 Å². The van der Waals surface area contributed by atoms with Crippen LogP contribution in [-0.2, 0) is 4.79 Å². The van der Waals surface area contributed by atoms with Gasteiger partial charge in [0.1, 0.15) is 5.82 Å². The van der Waals surface area contributed by atoms with Crippen molar-refractivity contribution in [1.82, 2.24) is 9.97 Å². The number of non-ortho nitro benzene ring substituents is 1. The molecule has 168 valence electrons. The Hall–Kier alpha value is -3.48. The van der Waals surface area contributed by atoms with E-state index in [4.69, 9.17) is 0 Å². The van der Waals surface area contributed by atoms with Crippen LogP contribution in [0.15, 0.2) is 54.7 Å². The van der Waals surface area contributed by atoms with Crippen molar-refractivity contribution >= 4 is 17.3 Å². The van der Waals surface area contributed by atoms with E-state index in [-0.39, 0.29) is 17.5 Å². The van der Waals surface area contributed by atoms with Crippen molar-refractivity contribution in [2.45, 2.75) is 52.4 Å². The smallest absolute Gasteiger partial charge is 0.269 e. The van der Waals surface area contributed by atoms with Gasteiger partial charge in [0.05, 0.1) is 16.8 Å². The van der Waals surface area contributed by atoms with Gasteiger partial charge in [0.25, 0.3) is 5.69 Å². The number of hydrogen-bond acceptors (Lipinski definition) is 4. The van der Waals surface area contributed by atoms with Gasteiger partial charge in [-0.25, -0.2) is 4.98 Å². The van der Waals surface area contributed by atoms with Crippen LogP contribution in [-0.4, -0.2) is 20.8 Å². The van der Waals surface area contributed by atoms with Crippen molar-refractivity contribution < 1.29 is 9.72 Å². The molecule has 0 atom stereocenters. The maximum absolute atomic E-state index is 12.5. The average molecular weight is 435 g/mol. The number of carbonyl (C=O) groups excluding carboxylic acids is 1. The van der Waals surface area contributed by atoms with Crippen LogP contribution in [0.1, 0.15) is 52.4 Å². The fraction of sp³-hybridized carbons (Fsp3) is 0.360. The zero-order valence-corrected chi connectivity index (χ0v) is 18.6. The highest BCUT2D eigenvalue weighted by atomic mass is 16.6. The van der Waals surface area contributed by atoms with Gasteiger partial charge < -0.3 is 10.3 Å². The number of hydrogen-bond donors (Lipinski definition) is 2. The standard InChI is InChI=1S/C23H24N4O3.C2H6/c28-23(18-5-3-1-2-4-6-18)25-19-11-7-16(8-12-19)21-15-24-22(26-21)17-9-13-20(14-10-17)27(29)30;1-2/h7-15,18H,1-6H2,(H,24,26)(H,25,28);1-2H3. The summed E-state index contributed by atoms with van der Waals surface area (Å²) in [5.41, 5.74) is 3.40. The lowest BCUT2D eigenvalue weighted by Crippen LogP contribution is -2.22. The first kappa shape index (κ1) is 23.2. The van der Waals surface area contributed by atoms with Crippen molar-refractivity contribution in [3.8, 4) is 22.6 Å². The first-order valence-corrected chi connectivity index (χ1v) is 11.3. The quantitative estimate of drug-likeness (QED) is 0.269. The van der Waals surface area contributed by atoms with Crippen molar-refractivity contribution in [3.63, 3.8) is 0 Å². The number of aromatic amines is 1. The Kier molecular flexibility index (Phi) is 8.14. The Labute approximate surface area is 188 Å². The maximum atomic E-state index is 12.5. The molecular weight excluding hydrogens is 404 g/mol. The van der Waals surface area contributed by atoms with Gasteiger partial charge in [0, 0.05) is 29.3 Å². The number of imidazole rings is 1. The van der Waals surface area contributed by atoms with Crippen molar-refractivity contribution in [3.05, 3.63) is 64.8 Å². The number of H-pyrrole nitrogens is 1. The summed E-state index contributed by atoms with van der Waals surface area (Å²) in [5.74, 6) is 0.876. The summed E-state index contributed by atoms with van der Waals surface area (Å²) in [6, 6.07) is 13.9. The minimum absolute atomic E-state index is 0.0482. The molecule has 1 amide bonds. The highest BCUT2D eigenvalue weighted by molar-refractivity contribution is 5.92. The predicted molar refractivity (Wildman–Crippen MR) is 127 cm³/mol. The third-order valence-corrected chi connectivity index (χ3v) is 5.62. The number of nitrogens with one attached hydrogen (secondary N) is 2. The minimum atomic E-state index is -0.423. The van der Waals surface area contributed by atoms with Gasteiger partial charge in [-0.05, 0) is 42.7 Å². The summed E-state index contributed by atoms with van der Waals surface area (Å²) >= 11 is 0. The molecule has 1 aromatic heterocycles. The van der Waals surface area contributed by atoms with Gasteiger partial charge in [-0.3, -0.25) is 14.9 Å². The third-order valence-electron chi connectivity index (χ3n) is 5.62. The van der Waals surface area contributed by atoms with Crippen molar-refractivity contribution in [2.24, 2.45) is 5.92 Å². The third kappa shape index (κ3) is 5.81. The number of benzene rings is 2. The monoisotopic (exact) mass is 434 g/mol. The molecule has 0 aliphatic heterocycles. The lowest BCUT2D eigenvalue weighted by atomic mass is 9.99. The topological polar surface area (TPSA) is 101 Å². The summed E-state index contributed by atoms with van der Waals surface area (Å²) < 4.78 is 0. The molecule has 4 rings (SSSR count). The number of nitro groups is 1. The summed E-state index contributed by atoms with van der Waals surface area (Å²) in [6.07, 6.45) is 8.40. The summed E-state index contributed by atoms with van der Waals surface area (Å²) in [6.45, 7) is 4.00. The molecule has 1 aliphatic rings. The molecule has 2 aromatic carbocycles. The molecule has 1 aliphatic carbocycles. The number of nitrogens with zero attached hydrogens (tertiary/aromatic N) is 2. The molecule has 0 spiro atoms. The predicted octanol–water partition coefficient (Wildman–Crippen LogP) is 6.59. The molecule has 7 nitrogen and oxygen atoms in total. The van der Waals surface area contributed by atoms with Crippen LogP contribution in [0.3, 0.4) is 0 Å². The van der Waals surface area contributed by atoms with Crippen LogP contribution in [0.2, 0.25) is 0 Å².